The normalized spacial score (nSPS) is 14.5. The number of anilines is 1. The van der Waals surface area contributed by atoms with Crippen LogP contribution in [0.15, 0.2) is 55.0 Å². The molecule has 1 fully saturated rings. The smallest absolute Gasteiger partial charge is 0.257 e. The van der Waals surface area contributed by atoms with Crippen molar-refractivity contribution >= 4 is 29.2 Å². The summed E-state index contributed by atoms with van der Waals surface area (Å²) in [6.07, 6.45) is 6.25. The summed E-state index contributed by atoms with van der Waals surface area (Å²) in [4.78, 5) is 31.4. The first-order valence-electron chi connectivity index (χ1n) is 10.3. The van der Waals surface area contributed by atoms with Crippen LogP contribution >= 0.6 is 11.6 Å². The number of aryl methyl sites for hydroxylation is 1. The second-order valence-corrected chi connectivity index (χ2v) is 8.20. The molecule has 3 aromatic rings. The lowest BCUT2D eigenvalue weighted by Gasteiger charge is -2.31. The van der Waals surface area contributed by atoms with Crippen molar-refractivity contribution in [2.45, 2.75) is 26.3 Å². The lowest BCUT2D eigenvalue weighted by Crippen LogP contribution is -2.41. The maximum Gasteiger partial charge on any atom is 0.257 e. The average Bonchev–Trinajstić information content (AvgIpc) is 3.23. The van der Waals surface area contributed by atoms with Gasteiger partial charge in [-0.05, 0) is 49.1 Å². The number of hydrogen-bond donors (Lipinski definition) is 1. The second kappa shape index (κ2) is 9.31. The first kappa shape index (κ1) is 21.1. The Morgan fingerprint density at radius 2 is 1.97 bits per heavy atom. The number of hydrogen-bond acceptors (Lipinski definition) is 4. The highest BCUT2D eigenvalue weighted by atomic mass is 35.5. The highest BCUT2D eigenvalue weighted by Gasteiger charge is 2.28. The van der Waals surface area contributed by atoms with Crippen molar-refractivity contribution in [2.75, 3.05) is 18.4 Å². The zero-order valence-electron chi connectivity index (χ0n) is 17.3. The van der Waals surface area contributed by atoms with Crippen LogP contribution in [0.4, 0.5) is 5.82 Å². The van der Waals surface area contributed by atoms with Crippen LogP contribution in [0.3, 0.4) is 0 Å². The summed E-state index contributed by atoms with van der Waals surface area (Å²) < 4.78 is 1.71. The number of carbonyl (C=O) groups is 2. The van der Waals surface area contributed by atoms with Crippen molar-refractivity contribution in [3.8, 4) is 0 Å². The van der Waals surface area contributed by atoms with Gasteiger partial charge in [-0.2, -0.15) is 5.10 Å². The minimum atomic E-state index is -0.130. The molecular weight excluding hydrogens is 414 g/mol. The maximum absolute atomic E-state index is 12.9. The number of aromatic nitrogens is 3. The van der Waals surface area contributed by atoms with Gasteiger partial charge in [0.25, 0.3) is 5.91 Å². The summed E-state index contributed by atoms with van der Waals surface area (Å²) in [5, 5.41) is 7.86. The number of amides is 2. The Morgan fingerprint density at radius 1 is 1.19 bits per heavy atom. The van der Waals surface area contributed by atoms with Crippen LogP contribution in [-0.2, 0) is 11.3 Å². The Bertz CT molecular complexity index is 1090. The van der Waals surface area contributed by atoms with Crippen LogP contribution in [0.1, 0.15) is 34.3 Å². The van der Waals surface area contributed by atoms with Crippen LogP contribution in [0.2, 0.25) is 5.02 Å². The summed E-state index contributed by atoms with van der Waals surface area (Å²) in [6.45, 7) is 3.53. The van der Waals surface area contributed by atoms with Crippen molar-refractivity contribution in [3.63, 3.8) is 0 Å². The van der Waals surface area contributed by atoms with Crippen LogP contribution in [0, 0.1) is 12.8 Å². The third-order valence-electron chi connectivity index (χ3n) is 5.49. The number of pyridine rings is 1. The third-order valence-corrected chi connectivity index (χ3v) is 5.86. The summed E-state index contributed by atoms with van der Waals surface area (Å²) >= 11 is 6.21. The average molecular weight is 438 g/mol. The van der Waals surface area contributed by atoms with Gasteiger partial charge >= 0.3 is 0 Å². The predicted octanol–water partition coefficient (Wildman–Crippen LogP) is 3.78. The van der Waals surface area contributed by atoms with E-state index in [1.807, 2.05) is 43.3 Å². The number of piperidine rings is 1. The molecule has 0 radical (unpaired) electrons. The summed E-state index contributed by atoms with van der Waals surface area (Å²) in [6, 6.07) is 11.3. The maximum atomic E-state index is 12.9. The van der Waals surface area contributed by atoms with Crippen molar-refractivity contribution in [2.24, 2.45) is 5.92 Å². The molecule has 0 saturated carbocycles. The number of rotatable bonds is 5. The van der Waals surface area contributed by atoms with Crippen molar-refractivity contribution < 1.29 is 9.59 Å². The van der Waals surface area contributed by atoms with Crippen molar-refractivity contribution in [1.29, 1.82) is 0 Å². The van der Waals surface area contributed by atoms with Gasteiger partial charge in [0.2, 0.25) is 5.91 Å². The number of benzene rings is 1. The molecule has 0 unspecified atom stereocenters. The van der Waals surface area contributed by atoms with Crippen molar-refractivity contribution in [1.82, 2.24) is 19.7 Å². The number of nitrogens with one attached hydrogen (secondary N) is 1. The molecule has 160 valence electrons. The number of halogens is 1. The van der Waals surface area contributed by atoms with E-state index in [0.717, 1.165) is 11.1 Å². The molecule has 2 amide bonds. The first-order valence-corrected chi connectivity index (χ1v) is 10.7. The topological polar surface area (TPSA) is 80.1 Å². The molecule has 1 aliphatic heterocycles. The van der Waals surface area contributed by atoms with Crippen molar-refractivity contribution in [3.05, 3.63) is 76.7 Å². The van der Waals surface area contributed by atoms with Gasteiger partial charge in [-0.3, -0.25) is 14.3 Å². The van der Waals surface area contributed by atoms with E-state index in [1.165, 1.54) is 0 Å². The van der Waals surface area contributed by atoms with Gasteiger partial charge in [0.1, 0.15) is 5.82 Å². The Hall–Kier alpha value is -3.19. The zero-order chi connectivity index (χ0) is 21.8. The van der Waals surface area contributed by atoms with E-state index < -0.39 is 0 Å². The summed E-state index contributed by atoms with van der Waals surface area (Å²) in [5.74, 6) is 0.325. The van der Waals surface area contributed by atoms with Gasteiger partial charge in [0.15, 0.2) is 0 Å². The lowest BCUT2D eigenvalue weighted by atomic mass is 9.95. The Kier molecular flexibility index (Phi) is 6.32. The Balaban J connectivity index is 1.32. The number of likely N-dealkylation sites (tertiary alicyclic amines) is 1. The van der Waals surface area contributed by atoms with Crippen LogP contribution < -0.4 is 5.32 Å². The third kappa shape index (κ3) is 5.11. The predicted molar refractivity (Wildman–Crippen MR) is 119 cm³/mol. The minimum absolute atomic E-state index is 0.0437. The van der Waals surface area contributed by atoms with E-state index in [0.29, 0.717) is 48.9 Å². The molecule has 1 aliphatic rings. The number of nitrogens with zero attached hydrogens (tertiary/aromatic N) is 4. The molecule has 0 aliphatic carbocycles. The lowest BCUT2D eigenvalue weighted by molar-refractivity contribution is -0.121. The molecule has 8 heteroatoms. The largest absolute Gasteiger partial charge is 0.339 e. The standard InChI is InChI=1S/C23H24ClN5O2/c1-16-6-9-25-21(12-16)27-22(30)17-7-10-28(11-8-17)23(31)19-13-26-29(15-19)14-18-4-2-3-5-20(18)24/h2-6,9,12-13,15,17H,7-8,10-11,14H2,1H3,(H,25,27,30). The van der Waals surface area contributed by atoms with Gasteiger partial charge in [-0.1, -0.05) is 29.8 Å². The molecule has 4 rings (SSSR count). The molecule has 0 atom stereocenters. The second-order valence-electron chi connectivity index (χ2n) is 7.79. The monoisotopic (exact) mass is 437 g/mol. The van der Waals surface area contributed by atoms with Gasteiger partial charge in [-0.25, -0.2) is 4.98 Å². The van der Waals surface area contributed by atoms with E-state index in [9.17, 15) is 9.59 Å². The molecular formula is C23H24ClN5O2. The van der Waals surface area contributed by atoms with E-state index in [4.69, 9.17) is 11.6 Å². The van der Waals surface area contributed by atoms with Crippen LogP contribution in [-0.4, -0.2) is 44.6 Å². The first-order chi connectivity index (χ1) is 15.0. The highest BCUT2D eigenvalue weighted by Crippen LogP contribution is 2.21. The molecule has 7 nitrogen and oxygen atoms in total. The molecule has 1 aromatic carbocycles. The number of carbonyl (C=O) groups excluding carboxylic acids is 2. The fourth-order valence-corrected chi connectivity index (χ4v) is 3.92. The molecule has 0 spiro atoms. The fraction of sp³-hybridized carbons (Fsp3) is 0.304. The van der Waals surface area contributed by atoms with Crippen LogP contribution in [0.25, 0.3) is 0 Å². The zero-order valence-corrected chi connectivity index (χ0v) is 18.0. The van der Waals surface area contributed by atoms with E-state index in [2.05, 4.69) is 15.4 Å². The fourth-order valence-electron chi connectivity index (χ4n) is 3.72. The minimum Gasteiger partial charge on any atom is -0.339 e. The summed E-state index contributed by atoms with van der Waals surface area (Å²) in [7, 11) is 0. The summed E-state index contributed by atoms with van der Waals surface area (Å²) in [5.41, 5.74) is 2.53. The Labute approximate surface area is 186 Å². The molecule has 3 heterocycles. The molecule has 1 saturated heterocycles. The van der Waals surface area contributed by atoms with Gasteiger partial charge < -0.3 is 10.2 Å². The molecule has 0 bridgehead atoms. The van der Waals surface area contributed by atoms with E-state index >= 15 is 0 Å². The van der Waals surface area contributed by atoms with Gasteiger partial charge in [0, 0.05) is 36.4 Å². The molecule has 1 N–H and O–H groups in total. The van der Waals surface area contributed by atoms with Gasteiger partial charge in [0.05, 0.1) is 18.3 Å². The van der Waals surface area contributed by atoms with Crippen LogP contribution in [0.5, 0.6) is 0 Å². The molecule has 31 heavy (non-hydrogen) atoms. The van der Waals surface area contributed by atoms with Gasteiger partial charge in [-0.15, -0.1) is 0 Å². The Morgan fingerprint density at radius 3 is 2.71 bits per heavy atom. The highest BCUT2D eigenvalue weighted by molar-refractivity contribution is 6.31. The van der Waals surface area contributed by atoms with E-state index in [-0.39, 0.29) is 17.7 Å². The quantitative estimate of drug-likeness (QED) is 0.658. The van der Waals surface area contributed by atoms with E-state index in [1.54, 1.807) is 28.2 Å². The molecule has 2 aromatic heterocycles. The SMILES string of the molecule is Cc1ccnc(NC(=O)C2CCN(C(=O)c3cnn(Cc4ccccc4Cl)c3)CC2)c1.